The fraction of sp³-hybridized carbons (Fsp3) is 0.450. The third kappa shape index (κ3) is 5.32. The van der Waals surface area contributed by atoms with Crippen molar-refractivity contribution in [2.24, 2.45) is 0 Å². The number of carbonyl (C=O) groups is 1. The Morgan fingerprint density at radius 2 is 1.78 bits per heavy atom. The summed E-state index contributed by atoms with van der Waals surface area (Å²) in [6.07, 6.45) is 0.680. The molecule has 7 heteroatoms. The van der Waals surface area contributed by atoms with Crippen LogP contribution in [0.5, 0.6) is 11.5 Å². The van der Waals surface area contributed by atoms with E-state index in [9.17, 15) is 4.79 Å². The monoisotopic (exact) mass is 372 g/mol. The highest BCUT2D eigenvalue weighted by Gasteiger charge is 2.13. The van der Waals surface area contributed by atoms with Gasteiger partial charge in [-0.2, -0.15) is 0 Å². The molecule has 7 nitrogen and oxygen atoms in total. The van der Waals surface area contributed by atoms with Gasteiger partial charge >= 0.3 is 0 Å². The van der Waals surface area contributed by atoms with Gasteiger partial charge in [-0.1, -0.05) is 6.07 Å². The Labute approximate surface area is 160 Å². The maximum Gasteiger partial charge on any atom is 0.270 e. The molecule has 2 rings (SSSR count). The molecule has 27 heavy (non-hydrogen) atoms. The molecule has 0 aliphatic carbocycles. The molecule has 1 heterocycles. The fourth-order valence-electron chi connectivity index (χ4n) is 2.82. The van der Waals surface area contributed by atoms with Crippen LogP contribution in [0.4, 0.5) is 5.82 Å². The van der Waals surface area contributed by atoms with Crippen LogP contribution in [0.25, 0.3) is 0 Å². The molecule has 2 aromatic rings. The van der Waals surface area contributed by atoms with Crippen molar-refractivity contribution >= 4 is 11.7 Å². The summed E-state index contributed by atoms with van der Waals surface area (Å²) in [4.78, 5) is 23.3. The number of rotatable bonds is 9. The lowest BCUT2D eigenvalue weighted by Gasteiger charge is -2.20. The molecule has 1 amide bonds. The van der Waals surface area contributed by atoms with Gasteiger partial charge in [0.1, 0.15) is 17.3 Å². The van der Waals surface area contributed by atoms with Gasteiger partial charge < -0.3 is 19.7 Å². The summed E-state index contributed by atoms with van der Waals surface area (Å²) in [5, 5.41) is 2.92. The Kier molecular flexibility index (Phi) is 7.40. The van der Waals surface area contributed by atoms with Crippen LogP contribution in [-0.4, -0.2) is 49.7 Å². The van der Waals surface area contributed by atoms with Crippen molar-refractivity contribution in [2.45, 2.75) is 27.2 Å². The quantitative estimate of drug-likeness (QED) is 0.729. The highest BCUT2D eigenvalue weighted by molar-refractivity contribution is 5.92. The van der Waals surface area contributed by atoms with Crippen molar-refractivity contribution in [1.29, 1.82) is 0 Å². The number of nitrogens with zero attached hydrogens (tertiary/aromatic N) is 3. The molecule has 0 unspecified atom stereocenters. The van der Waals surface area contributed by atoms with Gasteiger partial charge in [0.05, 0.1) is 14.2 Å². The number of nitrogens with one attached hydrogen (secondary N) is 1. The van der Waals surface area contributed by atoms with Crippen molar-refractivity contribution in [3.05, 3.63) is 41.3 Å². The van der Waals surface area contributed by atoms with E-state index >= 15 is 0 Å². The van der Waals surface area contributed by atoms with Crippen molar-refractivity contribution < 1.29 is 14.3 Å². The highest BCUT2D eigenvalue weighted by Crippen LogP contribution is 2.27. The Morgan fingerprint density at radius 3 is 2.41 bits per heavy atom. The number of hydrogen-bond acceptors (Lipinski definition) is 6. The van der Waals surface area contributed by atoms with Crippen LogP contribution in [0.3, 0.4) is 0 Å². The Bertz CT molecular complexity index is 776. The Morgan fingerprint density at radius 1 is 1.07 bits per heavy atom. The number of methoxy groups -OCH3 is 2. The fourth-order valence-corrected chi connectivity index (χ4v) is 2.82. The molecular formula is C20H28N4O3. The van der Waals surface area contributed by atoms with E-state index in [1.54, 1.807) is 27.2 Å². The number of hydrogen-bond donors (Lipinski definition) is 1. The van der Waals surface area contributed by atoms with E-state index in [1.165, 1.54) is 0 Å². The number of benzene rings is 1. The molecule has 146 valence electrons. The van der Waals surface area contributed by atoms with Crippen molar-refractivity contribution in [2.75, 3.05) is 38.8 Å². The molecule has 0 atom stereocenters. The van der Waals surface area contributed by atoms with E-state index in [1.807, 2.05) is 18.2 Å². The predicted molar refractivity (Wildman–Crippen MR) is 106 cm³/mol. The average Bonchev–Trinajstić information content (AvgIpc) is 2.68. The minimum Gasteiger partial charge on any atom is -0.493 e. The second-order valence-corrected chi connectivity index (χ2v) is 6.03. The molecule has 0 aliphatic heterocycles. The highest BCUT2D eigenvalue weighted by atomic mass is 16.5. The smallest absolute Gasteiger partial charge is 0.270 e. The second-order valence-electron chi connectivity index (χ2n) is 6.03. The van der Waals surface area contributed by atoms with Gasteiger partial charge in [-0.05, 0) is 44.9 Å². The van der Waals surface area contributed by atoms with Gasteiger partial charge in [-0.25, -0.2) is 9.97 Å². The van der Waals surface area contributed by atoms with Crippen molar-refractivity contribution in [3.8, 4) is 11.5 Å². The molecule has 1 N–H and O–H groups in total. The molecule has 0 spiro atoms. The maximum atomic E-state index is 12.5. The zero-order valence-corrected chi connectivity index (χ0v) is 16.7. The van der Waals surface area contributed by atoms with Crippen LogP contribution in [0.1, 0.15) is 35.7 Å². The van der Waals surface area contributed by atoms with Crippen LogP contribution in [0.15, 0.2) is 24.3 Å². The average molecular weight is 372 g/mol. The van der Waals surface area contributed by atoms with Crippen LogP contribution in [0, 0.1) is 6.92 Å². The molecule has 0 saturated carbocycles. The van der Waals surface area contributed by atoms with E-state index in [0.717, 1.165) is 24.5 Å². The molecule has 0 radical (unpaired) electrons. The normalized spacial score (nSPS) is 10.4. The topological polar surface area (TPSA) is 76.6 Å². The lowest BCUT2D eigenvalue weighted by atomic mass is 10.1. The maximum absolute atomic E-state index is 12.5. The summed E-state index contributed by atoms with van der Waals surface area (Å²) in [6.45, 7) is 8.07. The van der Waals surface area contributed by atoms with E-state index in [-0.39, 0.29) is 5.91 Å². The summed E-state index contributed by atoms with van der Waals surface area (Å²) in [7, 11) is 3.21. The first-order valence-electron chi connectivity index (χ1n) is 9.12. The first-order valence-corrected chi connectivity index (χ1v) is 9.12. The molecule has 0 saturated heterocycles. The van der Waals surface area contributed by atoms with Crippen LogP contribution in [0.2, 0.25) is 0 Å². The van der Waals surface area contributed by atoms with Crippen molar-refractivity contribution in [1.82, 2.24) is 15.3 Å². The third-order valence-electron chi connectivity index (χ3n) is 4.29. The molecule has 1 aromatic carbocycles. The summed E-state index contributed by atoms with van der Waals surface area (Å²) in [6, 6.07) is 7.48. The minimum absolute atomic E-state index is 0.200. The number of amides is 1. The molecular weight excluding hydrogens is 344 g/mol. The molecule has 0 fully saturated rings. The summed E-state index contributed by atoms with van der Waals surface area (Å²) < 4.78 is 10.5. The van der Waals surface area contributed by atoms with E-state index in [0.29, 0.717) is 36.0 Å². The number of aromatic nitrogens is 2. The summed E-state index contributed by atoms with van der Waals surface area (Å²) in [5.41, 5.74) is 1.44. The van der Waals surface area contributed by atoms with Crippen LogP contribution < -0.4 is 19.7 Å². The Balaban J connectivity index is 2.02. The van der Waals surface area contributed by atoms with Crippen LogP contribution in [-0.2, 0) is 6.42 Å². The van der Waals surface area contributed by atoms with Crippen LogP contribution >= 0.6 is 0 Å². The predicted octanol–water partition coefficient (Wildman–Crippen LogP) is 2.62. The SMILES string of the molecule is CCN(CC)c1cc(C(=O)NCCc2ccc(OC)c(OC)c2)nc(C)n1. The van der Waals surface area contributed by atoms with Gasteiger partial charge in [-0.3, -0.25) is 4.79 Å². The summed E-state index contributed by atoms with van der Waals surface area (Å²) in [5.74, 6) is 2.53. The molecule has 0 bridgehead atoms. The van der Waals surface area contributed by atoms with Gasteiger partial charge in [-0.15, -0.1) is 0 Å². The zero-order chi connectivity index (χ0) is 19.8. The molecule has 0 aliphatic rings. The molecule has 1 aromatic heterocycles. The minimum atomic E-state index is -0.200. The first-order chi connectivity index (χ1) is 13.0. The Hall–Kier alpha value is -2.83. The van der Waals surface area contributed by atoms with E-state index in [4.69, 9.17) is 9.47 Å². The van der Waals surface area contributed by atoms with Gasteiger partial charge in [0.15, 0.2) is 11.5 Å². The van der Waals surface area contributed by atoms with Crippen molar-refractivity contribution in [3.63, 3.8) is 0 Å². The largest absolute Gasteiger partial charge is 0.493 e. The van der Waals surface area contributed by atoms with E-state index < -0.39 is 0 Å². The van der Waals surface area contributed by atoms with Gasteiger partial charge in [0, 0.05) is 25.7 Å². The lowest BCUT2D eigenvalue weighted by molar-refractivity contribution is 0.0948. The third-order valence-corrected chi connectivity index (χ3v) is 4.29. The number of ether oxygens (including phenoxy) is 2. The van der Waals surface area contributed by atoms with Gasteiger partial charge in [0.2, 0.25) is 0 Å². The number of aryl methyl sites for hydroxylation is 1. The van der Waals surface area contributed by atoms with Gasteiger partial charge in [0.25, 0.3) is 5.91 Å². The standard InChI is InChI=1S/C20H28N4O3/c1-6-24(7-2)19-13-16(22-14(3)23-19)20(25)21-11-10-15-8-9-17(26-4)18(12-15)27-5/h8-9,12-13H,6-7,10-11H2,1-5H3,(H,21,25). The number of carbonyl (C=O) groups excluding carboxylic acids is 1. The first kappa shape index (κ1) is 20.5. The zero-order valence-electron chi connectivity index (χ0n) is 16.7. The lowest BCUT2D eigenvalue weighted by Crippen LogP contribution is -2.28. The van der Waals surface area contributed by atoms with E-state index in [2.05, 4.69) is 34.0 Å². The second kappa shape index (κ2) is 9.75. The summed E-state index contributed by atoms with van der Waals surface area (Å²) >= 11 is 0. The number of anilines is 1.